The molecule has 0 radical (unpaired) electrons. The number of nitrogens with one attached hydrogen (secondary N) is 1. The van der Waals surface area contributed by atoms with Gasteiger partial charge in [-0.15, -0.1) is 0 Å². The van der Waals surface area contributed by atoms with E-state index in [9.17, 15) is 4.79 Å². The minimum atomic E-state index is -0.882. The van der Waals surface area contributed by atoms with Crippen LogP contribution in [0, 0.1) is 5.92 Å². The Morgan fingerprint density at radius 2 is 2.06 bits per heavy atom. The van der Waals surface area contributed by atoms with Crippen LogP contribution in [0.4, 0.5) is 0 Å². The van der Waals surface area contributed by atoms with Gasteiger partial charge in [-0.3, -0.25) is 9.63 Å². The Labute approximate surface area is 102 Å². The van der Waals surface area contributed by atoms with E-state index in [0.717, 1.165) is 12.0 Å². The van der Waals surface area contributed by atoms with E-state index in [2.05, 4.69) is 5.48 Å². The van der Waals surface area contributed by atoms with Gasteiger partial charge in [0.2, 0.25) is 0 Å². The molecule has 1 aromatic carbocycles. The predicted molar refractivity (Wildman–Crippen MR) is 65.2 cm³/mol. The molecular formula is C13H19NO3. The van der Waals surface area contributed by atoms with Gasteiger partial charge in [-0.1, -0.05) is 50.6 Å². The second-order valence-electron chi connectivity index (χ2n) is 4.09. The summed E-state index contributed by atoms with van der Waals surface area (Å²) in [5.41, 5.74) is 3.63. The Kier molecular flexibility index (Phi) is 5.66. The molecule has 0 fully saturated rings. The monoisotopic (exact) mass is 237 g/mol. The lowest BCUT2D eigenvalue weighted by Gasteiger charge is -2.19. The van der Waals surface area contributed by atoms with Crippen LogP contribution in [0.3, 0.4) is 0 Å². The van der Waals surface area contributed by atoms with E-state index in [-0.39, 0.29) is 5.92 Å². The number of aliphatic carboxylic acids is 1. The number of hydrogen-bond acceptors (Lipinski definition) is 3. The molecule has 0 unspecified atom stereocenters. The zero-order valence-electron chi connectivity index (χ0n) is 10.2. The van der Waals surface area contributed by atoms with Crippen molar-refractivity contribution in [2.24, 2.45) is 5.92 Å². The fraction of sp³-hybridized carbons (Fsp3) is 0.462. The first-order valence-electron chi connectivity index (χ1n) is 5.79. The summed E-state index contributed by atoms with van der Waals surface area (Å²) in [5, 5.41) is 9.03. The number of hydrogen-bond donors (Lipinski definition) is 2. The quantitative estimate of drug-likeness (QED) is 0.714. The molecule has 0 amide bonds. The minimum Gasteiger partial charge on any atom is -0.480 e. The highest BCUT2D eigenvalue weighted by Gasteiger charge is 2.23. The third-order valence-corrected chi connectivity index (χ3v) is 2.77. The molecule has 0 aliphatic heterocycles. The summed E-state index contributed by atoms with van der Waals surface area (Å²) in [4.78, 5) is 16.2. The first kappa shape index (κ1) is 13.7. The summed E-state index contributed by atoms with van der Waals surface area (Å²) in [6.45, 7) is 4.21. The Hall–Kier alpha value is -1.39. The van der Waals surface area contributed by atoms with Crippen molar-refractivity contribution in [3.05, 3.63) is 35.9 Å². The summed E-state index contributed by atoms with van der Waals surface area (Å²) in [7, 11) is 0. The van der Waals surface area contributed by atoms with Gasteiger partial charge >= 0.3 is 5.97 Å². The zero-order chi connectivity index (χ0) is 12.7. The summed E-state index contributed by atoms with van der Waals surface area (Å²) in [6.07, 6.45) is 0.790. The van der Waals surface area contributed by atoms with Gasteiger partial charge in [0, 0.05) is 0 Å². The van der Waals surface area contributed by atoms with Gasteiger partial charge in [-0.2, -0.15) is 5.48 Å². The minimum absolute atomic E-state index is 0.0308. The van der Waals surface area contributed by atoms with E-state index in [1.807, 2.05) is 44.2 Å². The molecule has 0 heterocycles. The number of carboxylic acids is 1. The molecule has 94 valence electrons. The maximum atomic E-state index is 11.0. The Morgan fingerprint density at radius 1 is 1.41 bits per heavy atom. The third kappa shape index (κ3) is 4.54. The maximum absolute atomic E-state index is 11.0. The van der Waals surface area contributed by atoms with Crippen molar-refractivity contribution < 1.29 is 14.7 Å². The van der Waals surface area contributed by atoms with Crippen LogP contribution in [-0.2, 0) is 16.2 Å². The maximum Gasteiger partial charge on any atom is 0.323 e. The molecule has 1 aromatic rings. The molecule has 0 aliphatic rings. The largest absolute Gasteiger partial charge is 0.480 e. The highest BCUT2D eigenvalue weighted by Crippen LogP contribution is 2.08. The second-order valence-corrected chi connectivity index (χ2v) is 4.09. The second kappa shape index (κ2) is 7.04. The number of rotatable bonds is 7. The van der Waals surface area contributed by atoms with E-state index < -0.39 is 12.0 Å². The van der Waals surface area contributed by atoms with E-state index in [1.165, 1.54) is 0 Å². The van der Waals surface area contributed by atoms with Crippen molar-refractivity contribution in [1.82, 2.24) is 5.48 Å². The number of carbonyl (C=O) groups is 1. The molecule has 17 heavy (non-hydrogen) atoms. The molecular weight excluding hydrogens is 218 g/mol. The Balaban J connectivity index is 2.40. The average Bonchev–Trinajstić information content (AvgIpc) is 2.34. The first-order valence-corrected chi connectivity index (χ1v) is 5.79. The van der Waals surface area contributed by atoms with Crippen LogP contribution in [-0.4, -0.2) is 17.1 Å². The van der Waals surface area contributed by atoms with Gasteiger partial charge in [0.05, 0.1) is 6.61 Å². The molecule has 0 aliphatic carbocycles. The Bertz CT molecular complexity index is 340. The number of carboxylic acid groups (broad SMARTS) is 1. The molecule has 4 heteroatoms. The summed E-state index contributed by atoms with van der Waals surface area (Å²) in [5.74, 6) is -0.851. The molecule has 0 spiro atoms. The van der Waals surface area contributed by atoms with Crippen molar-refractivity contribution >= 4 is 5.97 Å². The summed E-state index contributed by atoms with van der Waals surface area (Å²) in [6, 6.07) is 8.96. The summed E-state index contributed by atoms with van der Waals surface area (Å²) < 4.78 is 0. The normalized spacial score (nSPS) is 14.2. The van der Waals surface area contributed by atoms with Crippen molar-refractivity contribution in [3.63, 3.8) is 0 Å². The molecule has 0 saturated carbocycles. The molecule has 0 saturated heterocycles. The van der Waals surface area contributed by atoms with Crippen LogP contribution < -0.4 is 5.48 Å². The smallest absolute Gasteiger partial charge is 0.323 e. The van der Waals surface area contributed by atoms with Crippen LogP contribution in [0.2, 0.25) is 0 Å². The highest BCUT2D eigenvalue weighted by molar-refractivity contribution is 5.73. The SMILES string of the molecule is CC[C@H](C)[C@H](NOCc1ccccc1)C(=O)O. The van der Waals surface area contributed by atoms with Gasteiger partial charge in [0.1, 0.15) is 6.04 Å². The molecule has 0 aromatic heterocycles. The van der Waals surface area contributed by atoms with Gasteiger partial charge in [0.25, 0.3) is 0 Å². The van der Waals surface area contributed by atoms with Crippen LogP contribution >= 0.6 is 0 Å². The van der Waals surface area contributed by atoms with Crippen molar-refractivity contribution in [1.29, 1.82) is 0 Å². The lowest BCUT2D eigenvalue weighted by atomic mass is 10.0. The van der Waals surface area contributed by atoms with Crippen LogP contribution in [0.1, 0.15) is 25.8 Å². The lowest BCUT2D eigenvalue weighted by molar-refractivity contribution is -0.146. The van der Waals surface area contributed by atoms with Gasteiger partial charge < -0.3 is 5.11 Å². The average molecular weight is 237 g/mol. The number of benzene rings is 1. The molecule has 4 nitrogen and oxygen atoms in total. The Morgan fingerprint density at radius 3 is 2.59 bits per heavy atom. The van der Waals surface area contributed by atoms with Gasteiger partial charge in [-0.05, 0) is 11.5 Å². The molecule has 2 atom stereocenters. The van der Waals surface area contributed by atoms with Crippen LogP contribution in [0.15, 0.2) is 30.3 Å². The zero-order valence-corrected chi connectivity index (χ0v) is 10.2. The van der Waals surface area contributed by atoms with Crippen molar-refractivity contribution in [3.8, 4) is 0 Å². The van der Waals surface area contributed by atoms with E-state index >= 15 is 0 Å². The molecule has 2 N–H and O–H groups in total. The van der Waals surface area contributed by atoms with Crippen molar-refractivity contribution in [2.75, 3.05) is 0 Å². The number of hydroxylamine groups is 1. The standard InChI is InChI=1S/C13H19NO3/c1-3-10(2)12(13(15)16)14-17-9-11-7-5-4-6-8-11/h4-8,10,12,14H,3,9H2,1-2H3,(H,15,16)/t10-,12-/m0/s1. The van der Waals surface area contributed by atoms with Crippen molar-refractivity contribution in [2.45, 2.75) is 32.9 Å². The highest BCUT2D eigenvalue weighted by atomic mass is 16.6. The van der Waals surface area contributed by atoms with Crippen LogP contribution in [0.5, 0.6) is 0 Å². The summed E-state index contributed by atoms with van der Waals surface area (Å²) >= 11 is 0. The van der Waals surface area contributed by atoms with E-state index in [0.29, 0.717) is 6.61 Å². The lowest BCUT2D eigenvalue weighted by Crippen LogP contribution is -2.41. The van der Waals surface area contributed by atoms with Gasteiger partial charge in [0.15, 0.2) is 0 Å². The van der Waals surface area contributed by atoms with Crippen LogP contribution in [0.25, 0.3) is 0 Å². The molecule has 0 bridgehead atoms. The van der Waals surface area contributed by atoms with E-state index in [1.54, 1.807) is 0 Å². The topological polar surface area (TPSA) is 58.6 Å². The third-order valence-electron chi connectivity index (χ3n) is 2.77. The first-order chi connectivity index (χ1) is 8.15. The van der Waals surface area contributed by atoms with E-state index in [4.69, 9.17) is 9.94 Å². The fourth-order valence-corrected chi connectivity index (χ4v) is 1.43. The predicted octanol–water partition coefficient (Wildman–Crippen LogP) is 2.21. The fourth-order valence-electron chi connectivity index (χ4n) is 1.43. The van der Waals surface area contributed by atoms with Gasteiger partial charge in [-0.25, -0.2) is 0 Å². The molecule has 1 rings (SSSR count).